The van der Waals surface area contributed by atoms with Gasteiger partial charge in [0, 0.05) is 30.7 Å². The Bertz CT molecular complexity index is 823. The van der Waals surface area contributed by atoms with Gasteiger partial charge in [0.15, 0.2) is 0 Å². The molecular formula is C18H21ClN2O2S. The third-order valence-electron chi connectivity index (χ3n) is 4.46. The Balaban J connectivity index is 1.63. The zero-order valence-electron chi connectivity index (χ0n) is 13.6. The van der Waals surface area contributed by atoms with Gasteiger partial charge in [0.1, 0.15) is 0 Å². The van der Waals surface area contributed by atoms with Gasteiger partial charge < -0.3 is 0 Å². The van der Waals surface area contributed by atoms with Crippen LogP contribution in [0.3, 0.4) is 0 Å². The fourth-order valence-electron chi connectivity index (χ4n) is 2.97. The van der Waals surface area contributed by atoms with Crippen LogP contribution in [0.5, 0.6) is 0 Å². The molecule has 0 saturated heterocycles. The molecule has 0 aliphatic carbocycles. The number of rotatable bonds is 5. The fraction of sp³-hybridized carbons (Fsp3) is 0.333. The summed E-state index contributed by atoms with van der Waals surface area (Å²) in [5.41, 5.74) is 2.72. The number of fused-ring (bicyclic) bond motifs is 1. The van der Waals surface area contributed by atoms with E-state index in [0.717, 1.165) is 19.5 Å². The van der Waals surface area contributed by atoms with Crippen LogP contribution in [0.1, 0.15) is 18.1 Å². The zero-order chi connectivity index (χ0) is 17.2. The van der Waals surface area contributed by atoms with Gasteiger partial charge in [-0.05, 0) is 42.7 Å². The molecule has 0 aromatic heterocycles. The minimum absolute atomic E-state index is 0.118. The highest BCUT2D eigenvalue weighted by Gasteiger charge is 2.22. The molecule has 0 radical (unpaired) electrons. The van der Waals surface area contributed by atoms with Crippen molar-refractivity contribution < 1.29 is 8.42 Å². The molecule has 1 atom stereocenters. The van der Waals surface area contributed by atoms with Crippen molar-refractivity contribution in [2.24, 2.45) is 0 Å². The fourth-order valence-corrected chi connectivity index (χ4v) is 4.39. The first-order valence-corrected chi connectivity index (χ1v) is 9.88. The van der Waals surface area contributed by atoms with Crippen molar-refractivity contribution in [1.29, 1.82) is 0 Å². The molecule has 2 aromatic carbocycles. The summed E-state index contributed by atoms with van der Waals surface area (Å²) in [4.78, 5) is 2.51. The van der Waals surface area contributed by atoms with Crippen molar-refractivity contribution in [2.75, 3.05) is 13.1 Å². The van der Waals surface area contributed by atoms with E-state index in [-0.39, 0.29) is 10.9 Å². The molecule has 0 saturated carbocycles. The Labute approximate surface area is 148 Å². The first-order chi connectivity index (χ1) is 11.5. The van der Waals surface area contributed by atoms with Gasteiger partial charge >= 0.3 is 0 Å². The molecule has 3 rings (SSSR count). The highest BCUT2D eigenvalue weighted by molar-refractivity contribution is 7.89. The molecule has 24 heavy (non-hydrogen) atoms. The van der Waals surface area contributed by atoms with Crippen LogP contribution in [-0.4, -0.2) is 32.4 Å². The van der Waals surface area contributed by atoms with Crippen LogP contribution in [0.2, 0.25) is 5.02 Å². The van der Waals surface area contributed by atoms with Crippen LogP contribution < -0.4 is 4.72 Å². The molecule has 1 aliphatic heterocycles. The summed E-state index contributed by atoms with van der Waals surface area (Å²) in [5.74, 6) is 0. The molecule has 0 bridgehead atoms. The number of hydrogen-bond donors (Lipinski definition) is 1. The molecule has 6 heteroatoms. The summed E-state index contributed by atoms with van der Waals surface area (Å²) >= 11 is 5.88. The average Bonchev–Trinajstić information content (AvgIpc) is 2.59. The summed E-state index contributed by atoms with van der Waals surface area (Å²) in [6.45, 7) is 4.22. The second-order valence-corrected chi connectivity index (χ2v) is 8.35. The summed E-state index contributed by atoms with van der Waals surface area (Å²) in [5, 5.41) is 0.415. The third kappa shape index (κ3) is 3.98. The molecule has 128 valence electrons. The molecule has 0 spiro atoms. The van der Waals surface area contributed by atoms with Gasteiger partial charge in [-0.15, -0.1) is 0 Å². The predicted molar refractivity (Wildman–Crippen MR) is 96.7 cm³/mol. The number of sulfonamides is 1. The Morgan fingerprint density at radius 2 is 1.92 bits per heavy atom. The van der Waals surface area contributed by atoms with E-state index < -0.39 is 10.0 Å². The minimum atomic E-state index is -3.54. The number of nitrogens with zero attached hydrogens (tertiary/aromatic N) is 1. The van der Waals surface area contributed by atoms with Crippen LogP contribution in [0, 0.1) is 0 Å². The van der Waals surface area contributed by atoms with E-state index in [1.165, 1.54) is 17.2 Å². The Morgan fingerprint density at radius 3 is 2.67 bits per heavy atom. The highest BCUT2D eigenvalue weighted by Crippen LogP contribution is 2.20. The smallest absolute Gasteiger partial charge is 0.240 e. The van der Waals surface area contributed by atoms with Crippen LogP contribution in [0.15, 0.2) is 53.4 Å². The van der Waals surface area contributed by atoms with Crippen molar-refractivity contribution in [3.8, 4) is 0 Å². The topological polar surface area (TPSA) is 49.4 Å². The van der Waals surface area contributed by atoms with Crippen LogP contribution >= 0.6 is 11.6 Å². The van der Waals surface area contributed by atoms with Crippen LogP contribution in [0.25, 0.3) is 0 Å². The molecule has 1 aliphatic rings. The van der Waals surface area contributed by atoms with Gasteiger partial charge in [0.05, 0.1) is 4.90 Å². The zero-order valence-corrected chi connectivity index (χ0v) is 15.1. The maximum absolute atomic E-state index is 12.4. The van der Waals surface area contributed by atoms with Gasteiger partial charge in [-0.1, -0.05) is 41.9 Å². The van der Waals surface area contributed by atoms with E-state index in [2.05, 4.69) is 40.8 Å². The molecule has 0 unspecified atom stereocenters. The molecule has 1 N–H and O–H groups in total. The Hall–Kier alpha value is -1.40. The lowest BCUT2D eigenvalue weighted by atomic mass is 9.99. The van der Waals surface area contributed by atoms with E-state index in [1.54, 1.807) is 18.2 Å². The highest BCUT2D eigenvalue weighted by atomic mass is 35.5. The summed E-state index contributed by atoms with van der Waals surface area (Å²) in [7, 11) is -3.54. The lowest BCUT2D eigenvalue weighted by Crippen LogP contribution is -2.44. The van der Waals surface area contributed by atoms with Crippen molar-refractivity contribution in [2.45, 2.75) is 30.8 Å². The van der Waals surface area contributed by atoms with E-state index in [1.807, 2.05) is 0 Å². The molecule has 4 nitrogen and oxygen atoms in total. The SMILES string of the molecule is C[C@@H](CNS(=O)(=O)c1cccc(Cl)c1)N1CCc2ccccc2C1. The molecule has 1 heterocycles. The maximum Gasteiger partial charge on any atom is 0.240 e. The maximum atomic E-state index is 12.4. The lowest BCUT2D eigenvalue weighted by Gasteiger charge is -2.33. The number of hydrogen-bond acceptors (Lipinski definition) is 3. The second-order valence-electron chi connectivity index (χ2n) is 6.15. The standard InChI is InChI=1S/C18H21ClN2O2S/c1-14(21-10-9-15-5-2-3-6-16(15)13-21)12-20-24(22,23)18-8-4-7-17(19)11-18/h2-8,11,14,20H,9-10,12-13H2,1H3/t14-/m0/s1. The van der Waals surface area contributed by atoms with Gasteiger partial charge in [-0.3, -0.25) is 4.90 Å². The van der Waals surface area contributed by atoms with Crippen molar-refractivity contribution in [3.63, 3.8) is 0 Å². The molecular weight excluding hydrogens is 344 g/mol. The molecule has 0 amide bonds. The summed E-state index contributed by atoms with van der Waals surface area (Å²) in [6, 6.07) is 14.9. The van der Waals surface area contributed by atoms with Crippen LogP contribution in [-0.2, 0) is 23.0 Å². The minimum Gasteiger partial charge on any atom is -0.295 e. The monoisotopic (exact) mass is 364 g/mol. The first kappa shape index (κ1) is 17.4. The van der Waals surface area contributed by atoms with E-state index in [9.17, 15) is 8.42 Å². The largest absolute Gasteiger partial charge is 0.295 e. The van der Waals surface area contributed by atoms with Crippen molar-refractivity contribution >= 4 is 21.6 Å². The number of nitrogens with one attached hydrogen (secondary N) is 1. The number of halogens is 1. The van der Waals surface area contributed by atoms with Gasteiger partial charge in [-0.25, -0.2) is 13.1 Å². The van der Waals surface area contributed by atoms with Crippen molar-refractivity contribution in [1.82, 2.24) is 9.62 Å². The predicted octanol–water partition coefficient (Wildman–Crippen LogP) is 3.07. The Morgan fingerprint density at radius 1 is 1.17 bits per heavy atom. The first-order valence-electron chi connectivity index (χ1n) is 8.02. The van der Waals surface area contributed by atoms with Crippen LogP contribution in [0.4, 0.5) is 0 Å². The Kier molecular flexibility index (Phi) is 5.25. The van der Waals surface area contributed by atoms with E-state index in [0.29, 0.717) is 11.6 Å². The van der Waals surface area contributed by atoms with E-state index in [4.69, 9.17) is 11.6 Å². The molecule has 2 aromatic rings. The van der Waals surface area contributed by atoms with Gasteiger partial charge in [0.25, 0.3) is 0 Å². The van der Waals surface area contributed by atoms with Gasteiger partial charge in [-0.2, -0.15) is 0 Å². The normalized spacial score (nSPS) is 16.6. The number of benzene rings is 2. The van der Waals surface area contributed by atoms with Crippen molar-refractivity contribution in [3.05, 3.63) is 64.7 Å². The summed E-state index contributed by atoms with van der Waals surface area (Å²) < 4.78 is 27.5. The van der Waals surface area contributed by atoms with E-state index >= 15 is 0 Å². The lowest BCUT2D eigenvalue weighted by molar-refractivity contribution is 0.192. The van der Waals surface area contributed by atoms with Gasteiger partial charge in [0.2, 0.25) is 10.0 Å². The second kappa shape index (κ2) is 7.23. The third-order valence-corrected chi connectivity index (χ3v) is 6.12. The average molecular weight is 365 g/mol. The summed E-state index contributed by atoms with van der Waals surface area (Å²) in [6.07, 6.45) is 1.00. The quantitative estimate of drug-likeness (QED) is 0.887. The molecule has 0 fully saturated rings.